The number of rotatable bonds is 10. The third kappa shape index (κ3) is 6.66. The van der Waals surface area contributed by atoms with Crippen molar-refractivity contribution in [2.24, 2.45) is 5.41 Å². The SMILES string of the molecule is C[Si](C)O[C@](CCc1ccccc1C(=O)C=O)(c1cccc(C=Cc2ccc3ccc(Cl)cc3n2)c1)C(C)(C)C. The summed E-state index contributed by atoms with van der Waals surface area (Å²) in [5, 5.41) is 1.71. The Labute approximate surface area is 243 Å². The summed E-state index contributed by atoms with van der Waals surface area (Å²) in [5.74, 6) is -0.495. The van der Waals surface area contributed by atoms with Gasteiger partial charge in [0.1, 0.15) is 0 Å². The summed E-state index contributed by atoms with van der Waals surface area (Å²) in [6.45, 7) is 10.9. The zero-order valence-electron chi connectivity index (χ0n) is 23.7. The van der Waals surface area contributed by atoms with Gasteiger partial charge in [0, 0.05) is 16.0 Å². The first-order valence-electron chi connectivity index (χ1n) is 13.4. The van der Waals surface area contributed by atoms with Crippen molar-refractivity contribution in [3.8, 4) is 0 Å². The topological polar surface area (TPSA) is 56.3 Å². The van der Waals surface area contributed by atoms with Gasteiger partial charge in [-0.05, 0) is 78.4 Å². The molecule has 0 saturated carbocycles. The van der Waals surface area contributed by atoms with Crippen LogP contribution in [0.4, 0.5) is 0 Å². The number of ketones is 1. The highest BCUT2D eigenvalue weighted by atomic mass is 35.5. The number of hydrogen-bond donors (Lipinski definition) is 0. The molecule has 0 bridgehead atoms. The van der Waals surface area contributed by atoms with Gasteiger partial charge < -0.3 is 4.43 Å². The maximum Gasteiger partial charge on any atom is 0.225 e. The highest BCUT2D eigenvalue weighted by molar-refractivity contribution is 6.48. The second kappa shape index (κ2) is 12.4. The lowest BCUT2D eigenvalue weighted by atomic mass is 9.69. The van der Waals surface area contributed by atoms with E-state index in [0.29, 0.717) is 29.7 Å². The molecule has 4 rings (SSSR count). The smallest absolute Gasteiger partial charge is 0.225 e. The molecule has 0 saturated heterocycles. The summed E-state index contributed by atoms with van der Waals surface area (Å²) >= 11 is 6.17. The van der Waals surface area contributed by atoms with Crippen LogP contribution in [0.1, 0.15) is 59.9 Å². The molecule has 1 aromatic heterocycles. The lowest BCUT2D eigenvalue weighted by molar-refractivity contribution is -0.104. The second-order valence-corrected chi connectivity index (χ2v) is 13.7. The van der Waals surface area contributed by atoms with Gasteiger partial charge in [-0.1, -0.05) is 93.0 Å². The minimum absolute atomic E-state index is 0.250. The number of fused-ring (bicyclic) bond motifs is 1. The van der Waals surface area contributed by atoms with Crippen molar-refractivity contribution in [3.05, 3.63) is 112 Å². The van der Waals surface area contributed by atoms with Crippen LogP contribution in [-0.4, -0.2) is 26.1 Å². The fourth-order valence-corrected chi connectivity index (χ4v) is 6.58. The molecular formula is C34H35ClNO3Si. The largest absolute Gasteiger partial charge is 0.407 e. The van der Waals surface area contributed by atoms with Crippen LogP contribution in [0, 0.1) is 5.41 Å². The minimum atomic E-state index is -1.11. The zero-order chi connectivity index (χ0) is 28.9. The van der Waals surface area contributed by atoms with Crippen molar-refractivity contribution in [3.63, 3.8) is 0 Å². The van der Waals surface area contributed by atoms with Gasteiger partial charge in [-0.3, -0.25) is 9.59 Å². The van der Waals surface area contributed by atoms with E-state index in [-0.39, 0.29) is 5.41 Å². The molecule has 0 N–H and O–H groups in total. The Bertz CT molecular complexity index is 1560. The van der Waals surface area contributed by atoms with Crippen LogP contribution in [0.5, 0.6) is 0 Å². The molecule has 205 valence electrons. The average Bonchev–Trinajstić information content (AvgIpc) is 2.93. The van der Waals surface area contributed by atoms with Gasteiger partial charge in [-0.15, -0.1) is 0 Å². The van der Waals surface area contributed by atoms with Gasteiger partial charge in [0.25, 0.3) is 0 Å². The van der Waals surface area contributed by atoms with Gasteiger partial charge in [-0.25, -0.2) is 4.98 Å². The van der Waals surface area contributed by atoms with E-state index >= 15 is 0 Å². The zero-order valence-corrected chi connectivity index (χ0v) is 25.5. The van der Waals surface area contributed by atoms with Gasteiger partial charge >= 0.3 is 0 Å². The number of halogens is 1. The molecule has 6 heteroatoms. The summed E-state index contributed by atoms with van der Waals surface area (Å²) in [7, 11) is -1.11. The first kappa shape index (κ1) is 29.6. The Kier molecular flexibility index (Phi) is 9.19. The van der Waals surface area contributed by atoms with Crippen LogP contribution in [0.3, 0.4) is 0 Å². The molecule has 0 aliphatic heterocycles. The van der Waals surface area contributed by atoms with Crippen LogP contribution >= 0.6 is 11.6 Å². The third-order valence-corrected chi connectivity index (χ3v) is 8.19. The molecule has 0 aliphatic carbocycles. The van der Waals surface area contributed by atoms with Crippen LogP contribution in [0.15, 0.2) is 78.9 Å². The van der Waals surface area contributed by atoms with E-state index < -0.39 is 20.4 Å². The van der Waals surface area contributed by atoms with Crippen molar-refractivity contribution in [1.29, 1.82) is 0 Å². The molecule has 0 aliphatic rings. The van der Waals surface area contributed by atoms with Gasteiger partial charge in [0.2, 0.25) is 14.8 Å². The van der Waals surface area contributed by atoms with Gasteiger partial charge in [0.05, 0.1) is 16.8 Å². The fourth-order valence-electron chi connectivity index (χ4n) is 5.19. The maximum absolute atomic E-state index is 12.3. The number of carbonyl (C=O) groups is 2. The molecule has 1 atom stereocenters. The number of pyridine rings is 1. The monoisotopic (exact) mass is 568 g/mol. The van der Waals surface area contributed by atoms with Crippen LogP contribution < -0.4 is 0 Å². The molecule has 0 fully saturated rings. The number of carbonyl (C=O) groups excluding carboxylic acids is 2. The van der Waals surface area contributed by atoms with E-state index in [1.165, 1.54) is 0 Å². The Morgan fingerprint density at radius 2 is 1.70 bits per heavy atom. The second-order valence-electron chi connectivity index (χ2n) is 11.3. The predicted molar refractivity (Wildman–Crippen MR) is 167 cm³/mol. The van der Waals surface area contributed by atoms with E-state index in [0.717, 1.165) is 33.3 Å². The highest BCUT2D eigenvalue weighted by Gasteiger charge is 2.45. The molecule has 4 aromatic rings. The number of aryl methyl sites for hydroxylation is 1. The normalized spacial score (nSPS) is 13.6. The minimum Gasteiger partial charge on any atom is -0.407 e. The Morgan fingerprint density at radius 1 is 0.950 bits per heavy atom. The highest BCUT2D eigenvalue weighted by Crippen LogP contribution is 2.47. The van der Waals surface area contributed by atoms with Crippen LogP contribution in [0.25, 0.3) is 23.1 Å². The Balaban J connectivity index is 1.71. The molecule has 3 aromatic carbocycles. The van der Waals surface area contributed by atoms with E-state index in [1.807, 2.05) is 48.5 Å². The molecule has 1 radical (unpaired) electrons. The Hall–Kier alpha value is -3.38. The van der Waals surface area contributed by atoms with E-state index in [9.17, 15) is 9.59 Å². The van der Waals surface area contributed by atoms with Crippen LogP contribution in [-0.2, 0) is 21.2 Å². The molecule has 4 nitrogen and oxygen atoms in total. The third-order valence-electron chi connectivity index (χ3n) is 7.20. The van der Waals surface area contributed by atoms with Crippen molar-refractivity contribution < 1.29 is 14.0 Å². The lowest BCUT2D eigenvalue weighted by Gasteiger charge is -2.47. The Morgan fingerprint density at radius 3 is 2.42 bits per heavy atom. The van der Waals surface area contributed by atoms with Gasteiger partial charge in [0.15, 0.2) is 6.29 Å². The van der Waals surface area contributed by atoms with Crippen molar-refractivity contribution in [2.45, 2.75) is 52.3 Å². The maximum atomic E-state index is 12.3. The first-order valence-corrected chi connectivity index (χ1v) is 16.2. The molecule has 40 heavy (non-hydrogen) atoms. The summed E-state index contributed by atoms with van der Waals surface area (Å²) in [5.41, 5.74) is 4.30. The summed E-state index contributed by atoms with van der Waals surface area (Å²) < 4.78 is 6.91. The quantitative estimate of drug-likeness (QED) is 0.0831. The average molecular weight is 569 g/mol. The number of nitrogens with zero attached hydrogens (tertiary/aromatic N) is 1. The standard InChI is InChI=1S/C34H35ClNO3Si/c1-33(2,3)34(39-40(4)5,20-19-25-10-6-7-12-30(25)32(38)23-37)27-11-8-9-24(21-27)13-17-29-18-15-26-14-16-28(35)22-31(26)36-29/h6-18,21-23H,19-20H2,1-5H3/t34-/m1/s1. The molecular weight excluding hydrogens is 534 g/mol. The van der Waals surface area contributed by atoms with E-state index in [2.05, 4.69) is 64.2 Å². The number of aldehydes is 1. The lowest BCUT2D eigenvalue weighted by Crippen LogP contribution is -2.46. The van der Waals surface area contributed by atoms with E-state index in [1.54, 1.807) is 12.1 Å². The number of hydrogen-bond acceptors (Lipinski definition) is 4. The number of benzene rings is 3. The summed E-state index contributed by atoms with van der Waals surface area (Å²) in [6.07, 6.45) is 5.73. The predicted octanol–water partition coefficient (Wildman–Crippen LogP) is 8.58. The first-order chi connectivity index (χ1) is 19.0. The van der Waals surface area contributed by atoms with Crippen LogP contribution in [0.2, 0.25) is 18.1 Å². The van der Waals surface area contributed by atoms with E-state index in [4.69, 9.17) is 21.0 Å². The molecule has 0 spiro atoms. The summed E-state index contributed by atoms with van der Waals surface area (Å²) in [4.78, 5) is 28.3. The molecule has 0 amide bonds. The number of Topliss-reactive ketones (excluding diaryl/α,β-unsaturated/α-hetero) is 1. The summed E-state index contributed by atoms with van der Waals surface area (Å²) in [6, 6.07) is 25.6. The van der Waals surface area contributed by atoms with Crippen molar-refractivity contribution >= 4 is 55.8 Å². The van der Waals surface area contributed by atoms with Crippen molar-refractivity contribution in [2.75, 3.05) is 0 Å². The molecule has 0 unspecified atom stereocenters. The fraction of sp³-hybridized carbons (Fsp3) is 0.265. The van der Waals surface area contributed by atoms with Gasteiger partial charge in [-0.2, -0.15) is 0 Å². The number of aromatic nitrogens is 1. The van der Waals surface area contributed by atoms with Crippen molar-refractivity contribution in [1.82, 2.24) is 4.98 Å². The molecule has 1 heterocycles.